The second-order valence-corrected chi connectivity index (χ2v) is 10.0. The molecule has 2 heterocycles. The van der Waals surface area contributed by atoms with Crippen molar-refractivity contribution in [3.8, 4) is 0 Å². The summed E-state index contributed by atoms with van der Waals surface area (Å²) in [6.45, 7) is 13.4. The predicted octanol–water partition coefficient (Wildman–Crippen LogP) is 6.61. The zero-order valence-corrected chi connectivity index (χ0v) is 22.6. The summed E-state index contributed by atoms with van der Waals surface area (Å²) in [7, 11) is 0. The van der Waals surface area contributed by atoms with Crippen LogP contribution in [0.15, 0.2) is 36.6 Å². The Morgan fingerprint density at radius 2 is 1.91 bits per heavy atom. The summed E-state index contributed by atoms with van der Waals surface area (Å²) in [4.78, 5) is 27.9. The third kappa shape index (κ3) is 7.66. The molecule has 4 rings (SSSR count). The molecular weight excluding hydrogens is 527 g/mol. The fourth-order valence-electron chi connectivity index (χ4n) is 3.60. The van der Waals surface area contributed by atoms with Gasteiger partial charge in [0, 0.05) is 34.0 Å². The molecule has 0 bridgehead atoms. The Bertz CT molecular complexity index is 1030. The van der Waals surface area contributed by atoms with Crippen molar-refractivity contribution in [1.82, 2.24) is 9.88 Å². The van der Waals surface area contributed by atoms with Crippen LogP contribution in [0, 0.1) is 17.4 Å². The molecule has 0 spiro atoms. The quantitative estimate of drug-likeness (QED) is 0.259. The van der Waals surface area contributed by atoms with Crippen molar-refractivity contribution in [3.63, 3.8) is 0 Å². The summed E-state index contributed by atoms with van der Waals surface area (Å²) in [5.74, 6) is 1.20. The van der Waals surface area contributed by atoms with Gasteiger partial charge in [0.15, 0.2) is 5.78 Å². The lowest BCUT2D eigenvalue weighted by atomic mass is 10.0. The molecule has 5 nitrogen and oxygen atoms in total. The van der Waals surface area contributed by atoms with E-state index in [1.165, 1.54) is 34.5 Å². The van der Waals surface area contributed by atoms with E-state index in [1.807, 2.05) is 24.0 Å². The Morgan fingerprint density at radius 1 is 1.24 bits per heavy atom. The van der Waals surface area contributed by atoms with Crippen molar-refractivity contribution in [1.29, 1.82) is 0 Å². The number of allylic oxidation sites excluding steroid dienone is 1. The van der Waals surface area contributed by atoms with Crippen LogP contribution in [0.5, 0.6) is 0 Å². The highest BCUT2D eigenvalue weighted by atomic mass is 127. The largest absolute Gasteiger partial charge is 0.515 e. The molecule has 1 N–H and O–H groups in total. The SMILES string of the molecule is CC(=O)/C=C/O.CCN1Cc2ccc(C(C)C)nc2C1=O.Cc1cc(C)c(C2CC2)cc1I. The number of carbonyl (C=O) groups is 2. The third-order valence-electron chi connectivity index (χ3n) is 5.70. The molecule has 1 aromatic carbocycles. The van der Waals surface area contributed by atoms with Gasteiger partial charge >= 0.3 is 0 Å². The molecule has 1 fully saturated rings. The van der Waals surface area contributed by atoms with Crippen molar-refractivity contribution in [2.45, 2.75) is 72.8 Å². The van der Waals surface area contributed by atoms with Gasteiger partial charge in [-0.15, -0.1) is 0 Å². The molecule has 6 heteroatoms. The monoisotopic (exact) mass is 562 g/mol. The Hall–Kier alpha value is -2.22. The summed E-state index contributed by atoms with van der Waals surface area (Å²) in [6, 6.07) is 8.74. The Balaban J connectivity index is 0.000000192. The van der Waals surface area contributed by atoms with Crippen LogP contribution in [0.4, 0.5) is 0 Å². The van der Waals surface area contributed by atoms with Crippen LogP contribution in [-0.2, 0) is 11.3 Å². The number of carbonyl (C=O) groups excluding carboxylic acids is 2. The van der Waals surface area contributed by atoms with Crippen molar-refractivity contribution < 1.29 is 14.7 Å². The van der Waals surface area contributed by atoms with Gasteiger partial charge in [-0.1, -0.05) is 26.0 Å². The minimum atomic E-state index is -0.141. The predicted molar refractivity (Wildman–Crippen MR) is 142 cm³/mol. The number of benzene rings is 1. The standard InChI is InChI=1S/C12H16N2O.C11H13I.C4H6O2/c1-4-14-7-9-5-6-10(8(2)3)13-11(9)12(14)15;1-7-5-8(2)11(12)6-10(7)9-3-4-9;1-4(6)2-3-5/h5-6,8H,4,7H2,1-3H3;5-6,9H,3-4H2,1-2H3;2-3,5H,1H3/b;;3-2+. The van der Waals surface area contributed by atoms with Gasteiger partial charge in [-0.25, -0.2) is 4.98 Å². The summed E-state index contributed by atoms with van der Waals surface area (Å²) >= 11 is 2.43. The van der Waals surface area contributed by atoms with Gasteiger partial charge in [-0.3, -0.25) is 9.59 Å². The Labute approximate surface area is 211 Å². The van der Waals surface area contributed by atoms with Gasteiger partial charge in [0.05, 0.1) is 6.26 Å². The second kappa shape index (κ2) is 12.3. The number of hydrogen-bond acceptors (Lipinski definition) is 4. The molecule has 1 saturated carbocycles. The summed E-state index contributed by atoms with van der Waals surface area (Å²) < 4.78 is 1.42. The van der Waals surface area contributed by atoms with E-state index in [0.717, 1.165) is 42.6 Å². The normalized spacial score (nSPS) is 14.5. The van der Waals surface area contributed by atoms with Gasteiger partial charge in [-0.05, 0) is 104 Å². The second-order valence-electron chi connectivity index (χ2n) is 8.88. The van der Waals surface area contributed by atoms with Crippen molar-refractivity contribution in [3.05, 3.63) is 73.8 Å². The topological polar surface area (TPSA) is 70.5 Å². The van der Waals surface area contributed by atoms with Crippen LogP contribution >= 0.6 is 22.6 Å². The fraction of sp³-hybridized carbons (Fsp3) is 0.444. The lowest BCUT2D eigenvalue weighted by molar-refractivity contribution is -0.112. The average Bonchev–Trinajstić information content (AvgIpc) is 3.55. The first-order valence-electron chi connectivity index (χ1n) is 11.5. The minimum absolute atomic E-state index is 0.0787. The first-order chi connectivity index (χ1) is 15.6. The molecule has 1 aromatic heterocycles. The number of aromatic nitrogens is 1. The van der Waals surface area contributed by atoms with E-state index >= 15 is 0 Å². The highest BCUT2D eigenvalue weighted by Gasteiger charge is 2.28. The number of pyridine rings is 1. The van der Waals surface area contributed by atoms with Crippen LogP contribution in [0.2, 0.25) is 0 Å². The molecule has 1 aliphatic heterocycles. The minimum Gasteiger partial charge on any atom is -0.515 e. The van der Waals surface area contributed by atoms with Crippen molar-refractivity contribution >= 4 is 34.3 Å². The van der Waals surface area contributed by atoms with E-state index in [2.05, 4.69) is 67.4 Å². The van der Waals surface area contributed by atoms with E-state index < -0.39 is 0 Å². The first kappa shape index (κ1) is 27.0. The van der Waals surface area contributed by atoms with Crippen molar-refractivity contribution in [2.24, 2.45) is 0 Å². The number of aliphatic hydroxyl groups excluding tert-OH is 1. The van der Waals surface area contributed by atoms with Crippen LogP contribution in [0.1, 0.15) is 90.8 Å². The maximum Gasteiger partial charge on any atom is 0.273 e. The number of aliphatic hydroxyl groups is 1. The lowest BCUT2D eigenvalue weighted by Crippen LogP contribution is -2.23. The number of rotatable bonds is 4. The highest BCUT2D eigenvalue weighted by molar-refractivity contribution is 14.1. The fourth-order valence-corrected chi connectivity index (χ4v) is 4.09. The van der Waals surface area contributed by atoms with Gasteiger partial charge in [-0.2, -0.15) is 0 Å². The van der Waals surface area contributed by atoms with Crippen LogP contribution in [0.25, 0.3) is 0 Å². The average molecular weight is 562 g/mol. The lowest BCUT2D eigenvalue weighted by Gasteiger charge is -2.10. The molecule has 0 radical (unpaired) electrons. The molecule has 33 heavy (non-hydrogen) atoms. The van der Waals surface area contributed by atoms with E-state index in [-0.39, 0.29) is 11.7 Å². The first-order valence-corrected chi connectivity index (χ1v) is 12.5. The molecule has 1 amide bonds. The molecule has 2 aromatic rings. The van der Waals surface area contributed by atoms with Gasteiger partial charge in [0.1, 0.15) is 5.69 Å². The number of hydrogen-bond donors (Lipinski definition) is 1. The third-order valence-corrected chi connectivity index (χ3v) is 6.86. The Kier molecular flexibility index (Phi) is 10.1. The Morgan fingerprint density at radius 3 is 2.39 bits per heavy atom. The zero-order chi connectivity index (χ0) is 24.7. The highest BCUT2D eigenvalue weighted by Crippen LogP contribution is 2.42. The van der Waals surface area contributed by atoms with Gasteiger partial charge in [0.2, 0.25) is 0 Å². The number of fused-ring (bicyclic) bond motifs is 1. The zero-order valence-electron chi connectivity index (χ0n) is 20.5. The maximum atomic E-state index is 11.9. The van der Waals surface area contributed by atoms with Gasteiger partial charge < -0.3 is 10.0 Å². The smallest absolute Gasteiger partial charge is 0.273 e. The molecule has 1 aliphatic carbocycles. The van der Waals surface area contributed by atoms with Crippen LogP contribution < -0.4 is 0 Å². The summed E-state index contributed by atoms with van der Waals surface area (Å²) in [5.41, 5.74) is 7.20. The summed E-state index contributed by atoms with van der Waals surface area (Å²) in [6.07, 6.45) is 4.61. The number of nitrogens with zero attached hydrogens (tertiary/aromatic N) is 2. The van der Waals surface area contributed by atoms with E-state index in [4.69, 9.17) is 5.11 Å². The molecule has 0 unspecified atom stereocenters. The number of halogens is 1. The van der Waals surface area contributed by atoms with Crippen LogP contribution in [0.3, 0.4) is 0 Å². The number of aryl methyl sites for hydroxylation is 2. The number of amides is 1. The maximum absolute atomic E-state index is 11.9. The summed E-state index contributed by atoms with van der Waals surface area (Å²) in [5, 5.41) is 7.84. The molecular formula is C27H35IN2O3. The van der Waals surface area contributed by atoms with E-state index in [0.29, 0.717) is 11.6 Å². The van der Waals surface area contributed by atoms with Crippen LogP contribution in [-0.4, -0.2) is 33.2 Å². The molecule has 2 aliphatic rings. The number of ketones is 1. The molecule has 0 saturated heterocycles. The van der Waals surface area contributed by atoms with Gasteiger partial charge in [0.25, 0.3) is 5.91 Å². The van der Waals surface area contributed by atoms with E-state index in [1.54, 1.807) is 5.56 Å². The molecule has 178 valence electrons. The van der Waals surface area contributed by atoms with Crippen molar-refractivity contribution in [2.75, 3.05) is 6.54 Å². The molecule has 0 atom stereocenters. The van der Waals surface area contributed by atoms with E-state index in [9.17, 15) is 9.59 Å².